The van der Waals surface area contributed by atoms with Crippen LogP contribution in [0.25, 0.3) is 0 Å². The Morgan fingerprint density at radius 2 is 1.95 bits per heavy atom. The van der Waals surface area contributed by atoms with Crippen LogP contribution in [0.4, 0.5) is 4.79 Å². The smallest absolute Gasteiger partial charge is 0.320 e. The van der Waals surface area contributed by atoms with E-state index in [2.05, 4.69) is 20.8 Å². The van der Waals surface area contributed by atoms with Gasteiger partial charge in [-0.05, 0) is 37.5 Å². The molecule has 0 aromatic heterocycles. The summed E-state index contributed by atoms with van der Waals surface area (Å²) in [6.07, 6.45) is 3.53. The number of rotatable bonds is 4. The summed E-state index contributed by atoms with van der Waals surface area (Å²) in [4.78, 5) is 16.4. The zero-order valence-corrected chi connectivity index (χ0v) is 13.4. The Morgan fingerprint density at radius 1 is 1.25 bits per heavy atom. The first-order valence-electron chi connectivity index (χ1n) is 8.14. The molecule has 116 valence electrons. The average Bonchev–Trinajstić information content (AvgIpc) is 2.79. The van der Waals surface area contributed by atoms with Crippen LogP contribution in [-0.2, 0) is 0 Å². The average molecular weight is 282 g/mol. The van der Waals surface area contributed by atoms with Crippen LogP contribution in [-0.4, -0.2) is 52.7 Å². The molecule has 3 unspecified atom stereocenters. The van der Waals surface area contributed by atoms with Gasteiger partial charge in [0.25, 0.3) is 0 Å². The molecule has 1 heterocycles. The van der Waals surface area contributed by atoms with Gasteiger partial charge in [0.15, 0.2) is 0 Å². The third-order valence-electron chi connectivity index (χ3n) is 5.61. The molecule has 2 aliphatic rings. The molecular formula is C16H30N2O2. The van der Waals surface area contributed by atoms with E-state index in [1.165, 1.54) is 0 Å². The van der Waals surface area contributed by atoms with Gasteiger partial charge in [-0.2, -0.15) is 0 Å². The summed E-state index contributed by atoms with van der Waals surface area (Å²) in [6, 6.07) is 0.376. The molecule has 0 radical (unpaired) electrons. The number of aliphatic hydroxyl groups excluding tert-OH is 1. The summed E-state index contributed by atoms with van der Waals surface area (Å²) in [6.45, 7) is 11.3. The molecular weight excluding hydrogens is 252 g/mol. The Hall–Kier alpha value is -0.770. The van der Waals surface area contributed by atoms with Gasteiger partial charge in [-0.3, -0.25) is 0 Å². The van der Waals surface area contributed by atoms with E-state index in [4.69, 9.17) is 0 Å². The van der Waals surface area contributed by atoms with Gasteiger partial charge in [0, 0.05) is 25.7 Å². The Kier molecular flexibility index (Phi) is 4.62. The summed E-state index contributed by atoms with van der Waals surface area (Å²) in [7, 11) is 0. The topological polar surface area (TPSA) is 43.8 Å². The molecule has 4 nitrogen and oxygen atoms in total. The van der Waals surface area contributed by atoms with Crippen molar-refractivity contribution in [1.29, 1.82) is 0 Å². The first-order valence-corrected chi connectivity index (χ1v) is 8.14. The van der Waals surface area contributed by atoms with Crippen molar-refractivity contribution >= 4 is 6.03 Å². The third-order valence-corrected chi connectivity index (χ3v) is 5.61. The maximum atomic E-state index is 12.5. The highest BCUT2D eigenvalue weighted by Crippen LogP contribution is 2.43. The quantitative estimate of drug-likeness (QED) is 0.861. The minimum Gasteiger partial charge on any atom is -0.393 e. The van der Waals surface area contributed by atoms with Gasteiger partial charge in [0.1, 0.15) is 0 Å². The van der Waals surface area contributed by atoms with Gasteiger partial charge in [0.05, 0.1) is 6.10 Å². The molecule has 0 aromatic carbocycles. The second-order valence-corrected chi connectivity index (χ2v) is 7.04. The van der Waals surface area contributed by atoms with Gasteiger partial charge < -0.3 is 14.9 Å². The Bertz CT molecular complexity index is 356. The number of carbonyl (C=O) groups excluding carboxylic acids is 1. The van der Waals surface area contributed by atoms with Gasteiger partial charge in [-0.1, -0.05) is 27.2 Å². The maximum absolute atomic E-state index is 12.5. The lowest BCUT2D eigenvalue weighted by Gasteiger charge is -2.46. The Morgan fingerprint density at radius 3 is 2.50 bits per heavy atom. The Labute approximate surface area is 123 Å². The fraction of sp³-hybridized carbons (Fsp3) is 0.938. The highest BCUT2D eigenvalue weighted by Gasteiger charge is 2.44. The Balaban J connectivity index is 2.19. The summed E-state index contributed by atoms with van der Waals surface area (Å²) in [5, 5.41) is 10.1. The SMILES string of the molecule is CCN1CCN(C2CC(O)CCC2C(C)(C)CC)C1=O. The lowest BCUT2D eigenvalue weighted by Crippen LogP contribution is -2.51. The number of hydrogen-bond donors (Lipinski definition) is 1. The second-order valence-electron chi connectivity index (χ2n) is 7.04. The first-order chi connectivity index (χ1) is 9.40. The van der Waals surface area contributed by atoms with Crippen LogP contribution in [0, 0.1) is 11.3 Å². The highest BCUT2D eigenvalue weighted by atomic mass is 16.3. The lowest BCUT2D eigenvalue weighted by atomic mass is 9.66. The minimum atomic E-state index is -0.243. The molecule has 20 heavy (non-hydrogen) atoms. The first kappa shape index (κ1) is 15.6. The zero-order valence-electron chi connectivity index (χ0n) is 13.4. The molecule has 2 rings (SSSR count). The predicted octanol–water partition coefficient (Wildman–Crippen LogP) is 2.71. The minimum absolute atomic E-state index is 0.170. The van der Waals surface area contributed by atoms with Crippen molar-refractivity contribution in [2.45, 2.75) is 65.5 Å². The normalized spacial score (nSPS) is 32.0. The van der Waals surface area contributed by atoms with Crippen LogP contribution >= 0.6 is 0 Å². The van der Waals surface area contributed by atoms with Crippen LogP contribution in [0.15, 0.2) is 0 Å². The molecule has 3 atom stereocenters. The molecule has 2 amide bonds. The van der Waals surface area contributed by atoms with E-state index in [0.29, 0.717) is 5.92 Å². The van der Waals surface area contributed by atoms with Crippen molar-refractivity contribution in [2.24, 2.45) is 11.3 Å². The van der Waals surface area contributed by atoms with Crippen molar-refractivity contribution in [1.82, 2.24) is 9.80 Å². The molecule has 1 aliphatic heterocycles. The fourth-order valence-electron chi connectivity index (χ4n) is 3.85. The van der Waals surface area contributed by atoms with Gasteiger partial charge in [0.2, 0.25) is 0 Å². The zero-order chi connectivity index (χ0) is 14.9. The molecule has 0 bridgehead atoms. The van der Waals surface area contributed by atoms with Crippen LogP contribution in [0.3, 0.4) is 0 Å². The van der Waals surface area contributed by atoms with Crippen LogP contribution in [0.2, 0.25) is 0 Å². The number of carbonyl (C=O) groups is 1. The molecule has 1 N–H and O–H groups in total. The van der Waals surface area contributed by atoms with E-state index in [1.54, 1.807) is 0 Å². The largest absolute Gasteiger partial charge is 0.393 e. The van der Waals surface area contributed by atoms with Crippen molar-refractivity contribution in [2.75, 3.05) is 19.6 Å². The van der Waals surface area contributed by atoms with E-state index in [-0.39, 0.29) is 23.6 Å². The van der Waals surface area contributed by atoms with E-state index in [9.17, 15) is 9.90 Å². The molecule has 4 heteroatoms. The number of hydrogen-bond acceptors (Lipinski definition) is 2. The maximum Gasteiger partial charge on any atom is 0.320 e. The van der Waals surface area contributed by atoms with Crippen molar-refractivity contribution in [3.8, 4) is 0 Å². The monoisotopic (exact) mass is 282 g/mol. The van der Waals surface area contributed by atoms with Gasteiger partial charge in [-0.25, -0.2) is 4.79 Å². The summed E-state index contributed by atoms with van der Waals surface area (Å²) in [5.74, 6) is 0.497. The van der Waals surface area contributed by atoms with Crippen molar-refractivity contribution in [3.63, 3.8) is 0 Å². The van der Waals surface area contributed by atoms with Crippen LogP contribution in [0.5, 0.6) is 0 Å². The lowest BCUT2D eigenvalue weighted by molar-refractivity contribution is 0.00123. The number of likely N-dealkylation sites (N-methyl/N-ethyl adjacent to an activating group) is 1. The highest BCUT2D eigenvalue weighted by molar-refractivity contribution is 5.76. The number of urea groups is 1. The molecule has 2 fully saturated rings. The fourth-order valence-corrected chi connectivity index (χ4v) is 3.85. The van der Waals surface area contributed by atoms with Crippen molar-refractivity contribution in [3.05, 3.63) is 0 Å². The summed E-state index contributed by atoms with van der Waals surface area (Å²) >= 11 is 0. The summed E-state index contributed by atoms with van der Waals surface area (Å²) < 4.78 is 0. The van der Waals surface area contributed by atoms with Gasteiger partial charge >= 0.3 is 6.03 Å². The predicted molar refractivity (Wildman–Crippen MR) is 80.6 cm³/mol. The molecule has 1 aliphatic carbocycles. The second kappa shape index (κ2) is 5.92. The molecule has 1 saturated carbocycles. The van der Waals surface area contributed by atoms with Crippen molar-refractivity contribution < 1.29 is 9.90 Å². The number of amides is 2. The summed E-state index contributed by atoms with van der Waals surface area (Å²) in [5.41, 5.74) is 0.227. The van der Waals surface area contributed by atoms with E-state index >= 15 is 0 Å². The number of aliphatic hydroxyl groups is 1. The van der Waals surface area contributed by atoms with Gasteiger partial charge in [-0.15, -0.1) is 0 Å². The number of nitrogens with zero attached hydrogens (tertiary/aromatic N) is 2. The third kappa shape index (κ3) is 2.80. The van der Waals surface area contributed by atoms with E-state index in [0.717, 1.165) is 45.3 Å². The molecule has 0 aromatic rings. The van der Waals surface area contributed by atoms with Crippen LogP contribution < -0.4 is 0 Å². The van der Waals surface area contributed by atoms with Crippen LogP contribution in [0.1, 0.15) is 53.4 Å². The van der Waals surface area contributed by atoms with E-state index in [1.807, 2.05) is 16.7 Å². The van der Waals surface area contributed by atoms with E-state index < -0.39 is 0 Å². The molecule has 0 spiro atoms. The molecule has 1 saturated heterocycles. The standard InChI is InChI=1S/C16H30N2O2/c1-5-16(3,4)13-8-7-12(19)11-14(13)18-10-9-17(6-2)15(18)20/h12-14,19H,5-11H2,1-4H3.